The van der Waals surface area contributed by atoms with Crippen molar-refractivity contribution in [1.29, 1.82) is 0 Å². The first-order chi connectivity index (χ1) is 13.7. The third-order valence-corrected chi connectivity index (χ3v) is 4.00. The van der Waals surface area contributed by atoms with Crippen LogP contribution in [0.3, 0.4) is 0 Å². The third-order valence-electron chi connectivity index (χ3n) is 4.00. The second-order valence-electron chi connectivity index (χ2n) is 6.10. The summed E-state index contributed by atoms with van der Waals surface area (Å²) in [5.74, 6) is 2.42. The van der Waals surface area contributed by atoms with Gasteiger partial charge >= 0.3 is 0 Å². The van der Waals surface area contributed by atoms with Crippen molar-refractivity contribution in [2.75, 3.05) is 20.3 Å². The van der Waals surface area contributed by atoms with E-state index in [1.165, 1.54) is 0 Å². The molecule has 0 atom stereocenters. The number of rotatable bonds is 10. The highest BCUT2D eigenvalue weighted by Crippen LogP contribution is 2.22. The molecular weight excluding hydrogens is 358 g/mol. The van der Waals surface area contributed by atoms with Crippen LogP contribution in [0.25, 0.3) is 11.5 Å². The van der Waals surface area contributed by atoms with Crippen molar-refractivity contribution in [2.24, 2.45) is 0 Å². The number of benzene rings is 2. The van der Waals surface area contributed by atoms with Crippen LogP contribution in [0.4, 0.5) is 0 Å². The van der Waals surface area contributed by atoms with E-state index in [4.69, 9.17) is 13.9 Å². The van der Waals surface area contributed by atoms with E-state index in [0.29, 0.717) is 44.2 Å². The molecule has 0 bridgehead atoms. The zero-order chi connectivity index (χ0) is 19.6. The fourth-order valence-corrected chi connectivity index (χ4v) is 2.56. The number of hydrogen-bond acceptors (Lipinski definition) is 6. The number of methoxy groups -OCH3 is 1. The Morgan fingerprint density at radius 1 is 1.07 bits per heavy atom. The van der Waals surface area contributed by atoms with Gasteiger partial charge in [-0.1, -0.05) is 24.3 Å². The first kappa shape index (κ1) is 19.4. The largest absolute Gasteiger partial charge is 0.497 e. The smallest absolute Gasteiger partial charge is 0.247 e. The van der Waals surface area contributed by atoms with Crippen LogP contribution in [0.15, 0.2) is 59.0 Å². The van der Waals surface area contributed by atoms with E-state index in [1.54, 1.807) is 7.11 Å². The van der Waals surface area contributed by atoms with Crippen LogP contribution in [0.1, 0.15) is 18.7 Å². The van der Waals surface area contributed by atoms with Crippen LogP contribution in [-0.4, -0.2) is 36.4 Å². The van der Waals surface area contributed by atoms with Gasteiger partial charge in [-0.2, -0.15) is 0 Å². The lowest BCUT2D eigenvalue weighted by atomic mass is 10.2. The Hall–Kier alpha value is -3.35. The predicted molar refractivity (Wildman–Crippen MR) is 104 cm³/mol. The van der Waals surface area contributed by atoms with Crippen molar-refractivity contribution in [3.05, 3.63) is 60.5 Å². The molecule has 0 fully saturated rings. The van der Waals surface area contributed by atoms with Crippen LogP contribution in [0, 0.1) is 0 Å². The Bertz CT molecular complexity index is 880. The quantitative estimate of drug-likeness (QED) is 0.543. The summed E-state index contributed by atoms with van der Waals surface area (Å²) >= 11 is 0. The molecule has 7 nitrogen and oxygen atoms in total. The highest BCUT2D eigenvalue weighted by Gasteiger charge is 2.10. The standard InChI is InChI=1S/C21H23N3O4/c1-26-18-10-5-7-16(15-18)21-24-23-20(28-21)12-13-22-19(25)11-6-14-27-17-8-3-2-4-9-17/h2-5,7-10,15H,6,11-14H2,1H3,(H,22,25). The lowest BCUT2D eigenvalue weighted by Gasteiger charge is -2.06. The van der Waals surface area contributed by atoms with Crippen LogP contribution in [0.5, 0.6) is 11.5 Å². The number of nitrogens with zero attached hydrogens (tertiary/aromatic N) is 2. The molecule has 0 radical (unpaired) electrons. The molecule has 1 aromatic heterocycles. The van der Waals surface area contributed by atoms with Crippen LogP contribution >= 0.6 is 0 Å². The number of aromatic nitrogens is 2. The van der Waals surface area contributed by atoms with Crippen LogP contribution in [0.2, 0.25) is 0 Å². The lowest BCUT2D eigenvalue weighted by Crippen LogP contribution is -2.25. The molecule has 0 aliphatic heterocycles. The highest BCUT2D eigenvalue weighted by atomic mass is 16.5. The minimum Gasteiger partial charge on any atom is -0.497 e. The summed E-state index contributed by atoms with van der Waals surface area (Å²) in [6.45, 7) is 0.948. The maximum absolute atomic E-state index is 11.9. The van der Waals surface area contributed by atoms with Crippen molar-refractivity contribution in [2.45, 2.75) is 19.3 Å². The SMILES string of the molecule is COc1cccc(-c2nnc(CCNC(=O)CCCOc3ccccc3)o2)c1. The summed E-state index contributed by atoms with van der Waals surface area (Å²) in [6, 6.07) is 17.0. The van der Waals surface area contributed by atoms with Gasteiger partial charge in [-0.15, -0.1) is 10.2 Å². The monoisotopic (exact) mass is 381 g/mol. The Labute approximate surface area is 163 Å². The first-order valence-corrected chi connectivity index (χ1v) is 9.16. The summed E-state index contributed by atoms with van der Waals surface area (Å²) in [5, 5.41) is 10.9. The minimum absolute atomic E-state index is 0.0239. The third kappa shape index (κ3) is 5.84. The molecule has 1 amide bonds. The van der Waals surface area contributed by atoms with Crippen molar-refractivity contribution in [3.63, 3.8) is 0 Å². The Morgan fingerprint density at radius 2 is 1.89 bits per heavy atom. The van der Waals surface area contributed by atoms with Gasteiger partial charge < -0.3 is 19.2 Å². The average Bonchev–Trinajstić information content (AvgIpc) is 3.21. The first-order valence-electron chi connectivity index (χ1n) is 9.16. The summed E-state index contributed by atoms with van der Waals surface area (Å²) in [4.78, 5) is 11.9. The van der Waals surface area contributed by atoms with Crippen LogP contribution < -0.4 is 14.8 Å². The van der Waals surface area contributed by atoms with Gasteiger partial charge in [-0.25, -0.2) is 0 Å². The molecule has 0 aliphatic rings. The Morgan fingerprint density at radius 3 is 2.71 bits per heavy atom. The van der Waals surface area contributed by atoms with E-state index in [9.17, 15) is 4.79 Å². The van der Waals surface area contributed by atoms with Gasteiger partial charge in [0.15, 0.2) is 0 Å². The number of carbonyl (C=O) groups excluding carboxylic acids is 1. The zero-order valence-corrected chi connectivity index (χ0v) is 15.8. The molecular formula is C21H23N3O4. The van der Waals surface area contributed by atoms with Crippen molar-refractivity contribution in [1.82, 2.24) is 15.5 Å². The fraction of sp³-hybridized carbons (Fsp3) is 0.286. The molecule has 7 heteroatoms. The van der Waals surface area contributed by atoms with Gasteiger partial charge in [0, 0.05) is 24.9 Å². The number of carbonyl (C=O) groups is 1. The van der Waals surface area contributed by atoms with Gasteiger partial charge in [0.2, 0.25) is 17.7 Å². The van der Waals surface area contributed by atoms with E-state index in [-0.39, 0.29) is 5.91 Å². The van der Waals surface area contributed by atoms with Gasteiger partial charge in [0.25, 0.3) is 0 Å². The van der Waals surface area contributed by atoms with E-state index in [2.05, 4.69) is 15.5 Å². The molecule has 0 aliphatic carbocycles. The molecule has 2 aromatic carbocycles. The molecule has 3 aromatic rings. The average molecular weight is 381 g/mol. The second kappa shape index (κ2) is 10.1. The molecule has 3 rings (SSSR count). The van der Waals surface area contributed by atoms with Crippen molar-refractivity contribution in [3.8, 4) is 23.0 Å². The Kier molecular flexibility index (Phi) is 7.01. The summed E-state index contributed by atoms with van der Waals surface area (Å²) in [7, 11) is 1.61. The molecule has 146 valence electrons. The summed E-state index contributed by atoms with van der Waals surface area (Å²) in [6.07, 6.45) is 1.54. The fourth-order valence-electron chi connectivity index (χ4n) is 2.56. The minimum atomic E-state index is -0.0239. The summed E-state index contributed by atoms with van der Waals surface area (Å²) in [5.41, 5.74) is 0.792. The van der Waals surface area contributed by atoms with Crippen molar-refractivity contribution >= 4 is 5.91 Å². The van der Waals surface area contributed by atoms with E-state index in [1.807, 2.05) is 54.6 Å². The van der Waals surface area contributed by atoms with E-state index >= 15 is 0 Å². The molecule has 28 heavy (non-hydrogen) atoms. The molecule has 0 spiro atoms. The van der Waals surface area contributed by atoms with E-state index < -0.39 is 0 Å². The van der Waals surface area contributed by atoms with E-state index in [0.717, 1.165) is 17.1 Å². The lowest BCUT2D eigenvalue weighted by molar-refractivity contribution is -0.121. The topological polar surface area (TPSA) is 86.5 Å². The second-order valence-corrected chi connectivity index (χ2v) is 6.10. The maximum atomic E-state index is 11.9. The highest BCUT2D eigenvalue weighted by molar-refractivity contribution is 5.75. The Balaban J connectivity index is 1.35. The van der Waals surface area contributed by atoms with Gasteiger partial charge in [0.1, 0.15) is 11.5 Å². The molecule has 0 saturated heterocycles. The predicted octanol–water partition coefficient (Wildman–Crippen LogP) is 3.26. The molecule has 0 unspecified atom stereocenters. The molecule has 1 N–H and O–H groups in total. The zero-order valence-electron chi connectivity index (χ0n) is 15.8. The van der Waals surface area contributed by atoms with Gasteiger partial charge in [0.05, 0.1) is 13.7 Å². The number of ether oxygens (including phenoxy) is 2. The van der Waals surface area contributed by atoms with Gasteiger partial charge in [-0.05, 0) is 36.8 Å². The van der Waals surface area contributed by atoms with Gasteiger partial charge in [-0.3, -0.25) is 4.79 Å². The number of nitrogens with one attached hydrogen (secondary N) is 1. The molecule has 0 saturated carbocycles. The summed E-state index contributed by atoms with van der Waals surface area (Å²) < 4.78 is 16.4. The number of para-hydroxylation sites is 1. The number of hydrogen-bond donors (Lipinski definition) is 1. The normalized spacial score (nSPS) is 10.5. The van der Waals surface area contributed by atoms with Crippen LogP contribution in [-0.2, 0) is 11.2 Å². The maximum Gasteiger partial charge on any atom is 0.247 e. The van der Waals surface area contributed by atoms with Crippen molar-refractivity contribution < 1.29 is 18.7 Å². The molecule has 1 heterocycles. The number of amides is 1.